The predicted octanol–water partition coefficient (Wildman–Crippen LogP) is 14.9. The van der Waals surface area contributed by atoms with Crippen molar-refractivity contribution in [3.63, 3.8) is 0 Å². The molecule has 0 atom stereocenters. The molecule has 0 aliphatic heterocycles. The third-order valence-electron chi connectivity index (χ3n) is 13.0. The predicted molar refractivity (Wildman–Crippen MR) is 256 cm³/mol. The fourth-order valence-corrected chi connectivity index (χ4v) is 11.5. The van der Waals surface area contributed by atoms with Gasteiger partial charge in [-0.25, -0.2) is 15.0 Å². The lowest BCUT2D eigenvalue weighted by Gasteiger charge is -2.32. The number of rotatable bonds is 5. The highest BCUT2D eigenvalue weighted by molar-refractivity contribution is 7.25. The fourth-order valence-electron chi connectivity index (χ4n) is 10.4. The first kappa shape index (κ1) is 35.0. The van der Waals surface area contributed by atoms with Crippen LogP contribution in [0.1, 0.15) is 22.3 Å². The van der Waals surface area contributed by atoms with Crippen molar-refractivity contribution in [1.82, 2.24) is 15.0 Å². The van der Waals surface area contributed by atoms with E-state index in [0.29, 0.717) is 17.5 Å². The van der Waals surface area contributed by atoms with Crippen LogP contribution in [-0.4, -0.2) is 15.0 Å². The van der Waals surface area contributed by atoms with Gasteiger partial charge in [-0.3, -0.25) is 0 Å². The maximum atomic E-state index is 5.25. The molecule has 9 aromatic carbocycles. The third kappa shape index (κ3) is 5.08. The van der Waals surface area contributed by atoms with Gasteiger partial charge in [-0.05, 0) is 91.0 Å². The van der Waals surface area contributed by atoms with Crippen molar-refractivity contribution in [2.24, 2.45) is 0 Å². The Morgan fingerprint density at radius 1 is 0.306 bits per heavy atom. The van der Waals surface area contributed by atoms with E-state index in [1.54, 1.807) is 11.3 Å². The molecule has 0 amide bonds. The average molecular weight is 806 g/mol. The van der Waals surface area contributed by atoms with Crippen molar-refractivity contribution < 1.29 is 0 Å². The molecule has 288 valence electrons. The van der Waals surface area contributed by atoms with Crippen LogP contribution < -0.4 is 0 Å². The minimum atomic E-state index is -0.432. The summed E-state index contributed by atoms with van der Waals surface area (Å²) in [4.78, 5) is 15.5. The zero-order valence-corrected chi connectivity index (χ0v) is 34.3. The van der Waals surface area contributed by atoms with Crippen LogP contribution in [0.2, 0.25) is 0 Å². The first-order valence-electron chi connectivity index (χ1n) is 21.1. The summed E-state index contributed by atoms with van der Waals surface area (Å²) in [5.41, 5.74) is 17.7. The summed E-state index contributed by atoms with van der Waals surface area (Å²) in [5.74, 6) is 1.96. The number of nitrogens with zero attached hydrogens (tertiary/aromatic N) is 3. The van der Waals surface area contributed by atoms with Crippen LogP contribution in [0.3, 0.4) is 0 Å². The minimum Gasteiger partial charge on any atom is -0.208 e. The fraction of sp³-hybridized carbons (Fsp3) is 0.0172. The van der Waals surface area contributed by atoms with Gasteiger partial charge < -0.3 is 0 Å². The second-order valence-electron chi connectivity index (χ2n) is 16.2. The summed E-state index contributed by atoms with van der Waals surface area (Å²) in [6.07, 6.45) is 0. The molecule has 13 rings (SSSR count). The quantitative estimate of drug-likeness (QED) is 0.174. The van der Waals surface area contributed by atoms with Crippen LogP contribution >= 0.6 is 11.3 Å². The Balaban J connectivity index is 0.967. The van der Waals surface area contributed by atoms with Gasteiger partial charge in [-0.2, -0.15) is 0 Å². The molecular weight excluding hydrogens is 771 g/mol. The molecule has 2 aromatic heterocycles. The van der Waals surface area contributed by atoms with Crippen LogP contribution in [0.25, 0.3) is 98.8 Å². The van der Waals surface area contributed by atoms with Crippen LogP contribution in [0.4, 0.5) is 0 Å². The maximum Gasteiger partial charge on any atom is 0.164 e. The number of fused-ring (bicyclic) bond motifs is 13. The highest BCUT2D eigenvalue weighted by Crippen LogP contribution is 2.64. The van der Waals surface area contributed by atoms with Crippen molar-refractivity contribution in [2.45, 2.75) is 5.41 Å². The topological polar surface area (TPSA) is 38.7 Å². The number of benzene rings is 9. The molecule has 0 saturated carbocycles. The van der Waals surface area contributed by atoms with E-state index in [4.69, 9.17) is 15.0 Å². The van der Waals surface area contributed by atoms with Gasteiger partial charge in [0.15, 0.2) is 17.5 Å². The normalized spacial score (nSPS) is 13.0. The number of aromatic nitrogens is 3. The van der Waals surface area contributed by atoms with Crippen molar-refractivity contribution in [1.29, 1.82) is 0 Å². The molecule has 2 aliphatic rings. The third-order valence-corrected chi connectivity index (χ3v) is 14.1. The first-order valence-corrected chi connectivity index (χ1v) is 21.9. The molecular formula is C58H35N3S. The Morgan fingerprint density at radius 2 is 0.758 bits per heavy atom. The second-order valence-corrected chi connectivity index (χ2v) is 17.3. The van der Waals surface area contributed by atoms with E-state index in [0.717, 1.165) is 27.8 Å². The zero-order valence-electron chi connectivity index (χ0n) is 33.5. The molecule has 4 heteroatoms. The standard InChI is InChI=1S/C58H35N3S/c1-2-16-36(17-3-1)55-59-56(61-57(60-55)47-28-15-33-52-53(47)46-25-7-11-32-51(46)62-52)40-21-13-19-38(35-40)37-18-12-20-39(34-37)41-26-14-27-45-44-24-6-10-31-50(44)58(54(41)45)48-29-8-4-22-42(48)43-23-5-9-30-49(43)58/h1-35H. The first-order chi connectivity index (χ1) is 30.7. The minimum absolute atomic E-state index is 0.432. The van der Waals surface area contributed by atoms with E-state index >= 15 is 0 Å². The van der Waals surface area contributed by atoms with Gasteiger partial charge in [0.2, 0.25) is 0 Å². The monoisotopic (exact) mass is 805 g/mol. The van der Waals surface area contributed by atoms with Crippen molar-refractivity contribution in [2.75, 3.05) is 0 Å². The lowest BCUT2D eigenvalue weighted by atomic mass is 9.68. The van der Waals surface area contributed by atoms with Crippen molar-refractivity contribution >= 4 is 31.5 Å². The molecule has 1 spiro atoms. The maximum absolute atomic E-state index is 5.25. The smallest absolute Gasteiger partial charge is 0.164 e. The molecule has 0 bridgehead atoms. The number of hydrogen-bond donors (Lipinski definition) is 0. The molecule has 3 nitrogen and oxygen atoms in total. The second kappa shape index (κ2) is 13.6. The summed E-state index contributed by atoms with van der Waals surface area (Å²) < 4.78 is 2.47. The van der Waals surface area contributed by atoms with E-state index in [-0.39, 0.29) is 0 Å². The molecule has 11 aromatic rings. The van der Waals surface area contributed by atoms with E-state index in [1.807, 2.05) is 18.2 Å². The highest BCUT2D eigenvalue weighted by atomic mass is 32.1. The Kier molecular flexibility index (Phi) is 7.69. The van der Waals surface area contributed by atoms with Gasteiger partial charge in [-0.15, -0.1) is 11.3 Å². The molecule has 2 aliphatic carbocycles. The molecule has 0 unspecified atom stereocenters. The Labute approximate surface area is 363 Å². The SMILES string of the molecule is c1ccc(-c2nc(-c3cccc(-c4cccc(-c5cccc6c5C5(c7ccccc7-c7ccccc75)c5ccccc5-6)c4)c3)nc(-c3cccc4sc5ccccc5c34)n2)cc1. The summed E-state index contributed by atoms with van der Waals surface area (Å²) in [5, 5.41) is 2.39. The zero-order chi connectivity index (χ0) is 40.8. The van der Waals surface area contributed by atoms with E-state index in [1.165, 1.54) is 75.8 Å². The number of thiophene rings is 1. The van der Waals surface area contributed by atoms with Crippen molar-refractivity contribution in [3.8, 4) is 78.7 Å². The molecule has 62 heavy (non-hydrogen) atoms. The lowest BCUT2D eigenvalue weighted by Crippen LogP contribution is -2.26. The highest BCUT2D eigenvalue weighted by Gasteiger charge is 2.52. The largest absolute Gasteiger partial charge is 0.208 e. The van der Waals surface area contributed by atoms with Crippen LogP contribution in [0.15, 0.2) is 212 Å². The van der Waals surface area contributed by atoms with Gasteiger partial charge >= 0.3 is 0 Å². The van der Waals surface area contributed by atoms with E-state index < -0.39 is 5.41 Å². The van der Waals surface area contributed by atoms with E-state index in [9.17, 15) is 0 Å². The van der Waals surface area contributed by atoms with Gasteiger partial charge in [-0.1, -0.05) is 188 Å². The number of hydrogen-bond acceptors (Lipinski definition) is 4. The average Bonchev–Trinajstić information content (AvgIpc) is 3.99. The molecule has 0 radical (unpaired) electrons. The summed E-state index contributed by atoms with van der Waals surface area (Å²) in [7, 11) is 0. The molecule has 0 saturated heterocycles. The Bertz CT molecular complexity index is 3540. The van der Waals surface area contributed by atoms with Gasteiger partial charge in [0, 0.05) is 36.9 Å². The molecule has 0 fully saturated rings. The molecule has 0 N–H and O–H groups in total. The van der Waals surface area contributed by atoms with Crippen LogP contribution in [-0.2, 0) is 5.41 Å². The van der Waals surface area contributed by atoms with Crippen LogP contribution in [0, 0.1) is 0 Å². The Hall–Kier alpha value is -7.79. The van der Waals surface area contributed by atoms with Crippen LogP contribution in [0.5, 0.6) is 0 Å². The van der Waals surface area contributed by atoms with Gasteiger partial charge in [0.25, 0.3) is 0 Å². The van der Waals surface area contributed by atoms with Gasteiger partial charge in [0.1, 0.15) is 0 Å². The van der Waals surface area contributed by atoms with Gasteiger partial charge in [0.05, 0.1) is 5.41 Å². The Morgan fingerprint density at radius 3 is 1.48 bits per heavy atom. The van der Waals surface area contributed by atoms with Crippen molar-refractivity contribution in [3.05, 3.63) is 235 Å². The lowest BCUT2D eigenvalue weighted by molar-refractivity contribution is 0.796. The van der Waals surface area contributed by atoms with E-state index in [2.05, 4.69) is 194 Å². The molecule has 2 heterocycles. The summed E-state index contributed by atoms with van der Waals surface area (Å²) >= 11 is 1.80. The summed E-state index contributed by atoms with van der Waals surface area (Å²) in [6, 6.07) is 76.9. The summed E-state index contributed by atoms with van der Waals surface area (Å²) in [6.45, 7) is 0.